The summed E-state index contributed by atoms with van der Waals surface area (Å²) in [6, 6.07) is 19.3. The van der Waals surface area contributed by atoms with E-state index >= 15 is 0 Å². The normalized spacial score (nSPS) is 18.5. The van der Waals surface area contributed by atoms with Gasteiger partial charge in [0.2, 0.25) is 0 Å². The summed E-state index contributed by atoms with van der Waals surface area (Å²) in [5.41, 5.74) is 3.78. The molecular formula is C19H24N2O. The zero-order valence-electron chi connectivity index (χ0n) is 13.4. The highest BCUT2D eigenvalue weighted by Gasteiger charge is 2.21. The monoisotopic (exact) mass is 296 g/mol. The Morgan fingerprint density at radius 2 is 1.73 bits per heavy atom. The molecule has 0 unspecified atom stereocenters. The fourth-order valence-corrected chi connectivity index (χ4v) is 3.02. The lowest BCUT2D eigenvalue weighted by Gasteiger charge is -2.20. The van der Waals surface area contributed by atoms with E-state index in [1.807, 2.05) is 13.2 Å². The van der Waals surface area contributed by atoms with Crippen molar-refractivity contribution in [3.63, 3.8) is 0 Å². The van der Waals surface area contributed by atoms with Crippen molar-refractivity contribution >= 4 is 11.4 Å². The molecule has 0 spiro atoms. The largest absolute Gasteiger partial charge is 0.380 e. The van der Waals surface area contributed by atoms with Gasteiger partial charge >= 0.3 is 0 Å². The van der Waals surface area contributed by atoms with Crippen molar-refractivity contribution < 1.29 is 4.74 Å². The van der Waals surface area contributed by atoms with Crippen molar-refractivity contribution in [1.82, 2.24) is 4.90 Å². The third kappa shape index (κ3) is 3.49. The van der Waals surface area contributed by atoms with Gasteiger partial charge in [-0.15, -0.1) is 0 Å². The summed E-state index contributed by atoms with van der Waals surface area (Å²) < 4.78 is 5.43. The molecule has 1 aliphatic rings. The van der Waals surface area contributed by atoms with Gasteiger partial charge in [-0.05, 0) is 36.2 Å². The maximum absolute atomic E-state index is 5.43. The smallest absolute Gasteiger partial charge is 0.0710 e. The maximum Gasteiger partial charge on any atom is 0.0710 e. The van der Waals surface area contributed by atoms with Gasteiger partial charge in [-0.1, -0.05) is 30.3 Å². The van der Waals surface area contributed by atoms with E-state index in [-0.39, 0.29) is 0 Å². The summed E-state index contributed by atoms with van der Waals surface area (Å²) in [4.78, 5) is 4.67. The van der Waals surface area contributed by atoms with Crippen LogP contribution in [0.3, 0.4) is 0 Å². The Balaban J connectivity index is 1.63. The summed E-state index contributed by atoms with van der Waals surface area (Å²) in [6.07, 6.45) is 1.55. The minimum atomic E-state index is 0.406. The summed E-state index contributed by atoms with van der Waals surface area (Å²) in [6.45, 7) is 3.18. The van der Waals surface area contributed by atoms with Crippen LogP contribution in [0.15, 0.2) is 54.6 Å². The molecule has 2 aromatic rings. The van der Waals surface area contributed by atoms with Crippen molar-refractivity contribution in [2.75, 3.05) is 32.1 Å². The second-order valence-corrected chi connectivity index (χ2v) is 5.94. The fourth-order valence-electron chi connectivity index (χ4n) is 3.02. The molecule has 1 fully saturated rings. The predicted molar refractivity (Wildman–Crippen MR) is 91.6 cm³/mol. The van der Waals surface area contributed by atoms with E-state index in [2.05, 4.69) is 65.4 Å². The third-order valence-electron chi connectivity index (χ3n) is 4.44. The van der Waals surface area contributed by atoms with Gasteiger partial charge in [0.15, 0.2) is 0 Å². The SMILES string of the molecule is CO[C@@H]1CCN(Cc2ccc(N(C)c3ccccc3)cc2)C1. The predicted octanol–water partition coefficient (Wildman–Crippen LogP) is 3.68. The van der Waals surface area contributed by atoms with Crippen molar-refractivity contribution in [3.8, 4) is 0 Å². The van der Waals surface area contributed by atoms with Crippen LogP contribution in [0.1, 0.15) is 12.0 Å². The van der Waals surface area contributed by atoms with Crippen LogP contribution in [0.4, 0.5) is 11.4 Å². The molecule has 0 amide bonds. The molecular weight excluding hydrogens is 272 g/mol. The average Bonchev–Trinajstić information content (AvgIpc) is 3.03. The molecule has 3 nitrogen and oxygen atoms in total. The van der Waals surface area contributed by atoms with Gasteiger partial charge in [0.05, 0.1) is 6.10 Å². The average molecular weight is 296 g/mol. The van der Waals surface area contributed by atoms with Crippen LogP contribution in [0.5, 0.6) is 0 Å². The van der Waals surface area contributed by atoms with E-state index in [0.717, 1.165) is 26.1 Å². The van der Waals surface area contributed by atoms with Crippen LogP contribution in [-0.2, 0) is 11.3 Å². The van der Waals surface area contributed by atoms with Crippen molar-refractivity contribution in [2.24, 2.45) is 0 Å². The molecule has 0 aromatic heterocycles. The number of hydrogen-bond acceptors (Lipinski definition) is 3. The van der Waals surface area contributed by atoms with Gasteiger partial charge in [-0.3, -0.25) is 4.90 Å². The zero-order valence-corrected chi connectivity index (χ0v) is 13.4. The number of ether oxygens (including phenoxy) is 1. The van der Waals surface area contributed by atoms with Crippen LogP contribution in [-0.4, -0.2) is 38.3 Å². The van der Waals surface area contributed by atoms with E-state index in [9.17, 15) is 0 Å². The van der Waals surface area contributed by atoms with Gasteiger partial charge in [0.25, 0.3) is 0 Å². The fraction of sp³-hybridized carbons (Fsp3) is 0.368. The van der Waals surface area contributed by atoms with Crippen LogP contribution in [0, 0.1) is 0 Å². The molecule has 3 rings (SSSR count). The Kier molecular flexibility index (Phi) is 4.76. The number of benzene rings is 2. The molecule has 1 aliphatic heterocycles. The maximum atomic E-state index is 5.43. The minimum Gasteiger partial charge on any atom is -0.380 e. The first kappa shape index (κ1) is 15.1. The van der Waals surface area contributed by atoms with Crippen molar-refractivity contribution in [1.29, 1.82) is 0 Å². The standard InChI is InChI=1S/C19H24N2O/c1-20(17-6-4-3-5-7-17)18-10-8-16(9-11-18)14-21-13-12-19(15-21)22-2/h3-11,19H,12-15H2,1-2H3/t19-/m1/s1. The lowest BCUT2D eigenvalue weighted by Crippen LogP contribution is -2.22. The zero-order chi connectivity index (χ0) is 15.4. The summed E-state index contributed by atoms with van der Waals surface area (Å²) in [5.74, 6) is 0. The number of hydrogen-bond donors (Lipinski definition) is 0. The highest BCUT2D eigenvalue weighted by Crippen LogP contribution is 2.24. The quantitative estimate of drug-likeness (QED) is 0.837. The molecule has 0 bridgehead atoms. The van der Waals surface area contributed by atoms with E-state index < -0.39 is 0 Å². The Bertz CT molecular complexity index is 582. The lowest BCUT2D eigenvalue weighted by atomic mass is 10.1. The number of likely N-dealkylation sites (tertiary alicyclic amines) is 1. The highest BCUT2D eigenvalue weighted by molar-refractivity contribution is 5.62. The lowest BCUT2D eigenvalue weighted by molar-refractivity contribution is 0.107. The number of anilines is 2. The van der Waals surface area contributed by atoms with Gasteiger partial charge in [0, 0.05) is 45.2 Å². The molecule has 22 heavy (non-hydrogen) atoms. The molecule has 1 atom stereocenters. The summed E-state index contributed by atoms with van der Waals surface area (Å²) in [7, 11) is 3.91. The number of para-hydroxylation sites is 1. The van der Waals surface area contributed by atoms with Gasteiger partial charge < -0.3 is 9.64 Å². The first-order valence-electron chi connectivity index (χ1n) is 7.89. The van der Waals surface area contributed by atoms with Crippen molar-refractivity contribution in [3.05, 3.63) is 60.2 Å². The minimum absolute atomic E-state index is 0.406. The second kappa shape index (κ2) is 6.95. The Morgan fingerprint density at radius 1 is 1.05 bits per heavy atom. The molecule has 0 saturated carbocycles. The Hall–Kier alpha value is -1.84. The molecule has 0 radical (unpaired) electrons. The molecule has 1 saturated heterocycles. The van der Waals surface area contributed by atoms with Gasteiger partial charge in [0.1, 0.15) is 0 Å². The first-order valence-corrected chi connectivity index (χ1v) is 7.89. The van der Waals surface area contributed by atoms with Crippen LogP contribution < -0.4 is 4.90 Å². The number of methoxy groups -OCH3 is 1. The Morgan fingerprint density at radius 3 is 2.36 bits per heavy atom. The molecule has 0 aliphatic carbocycles. The molecule has 2 aromatic carbocycles. The van der Waals surface area contributed by atoms with Crippen LogP contribution in [0.25, 0.3) is 0 Å². The van der Waals surface area contributed by atoms with Gasteiger partial charge in [-0.2, -0.15) is 0 Å². The number of rotatable bonds is 5. The summed E-state index contributed by atoms with van der Waals surface area (Å²) in [5, 5.41) is 0. The molecule has 0 N–H and O–H groups in total. The molecule has 116 valence electrons. The molecule has 3 heteroatoms. The Labute approximate surface area is 133 Å². The van der Waals surface area contributed by atoms with Crippen molar-refractivity contribution in [2.45, 2.75) is 19.1 Å². The highest BCUT2D eigenvalue weighted by atomic mass is 16.5. The van der Waals surface area contributed by atoms with Gasteiger partial charge in [-0.25, -0.2) is 0 Å². The van der Waals surface area contributed by atoms with E-state index in [4.69, 9.17) is 4.74 Å². The van der Waals surface area contributed by atoms with Crippen LogP contribution in [0.2, 0.25) is 0 Å². The van der Waals surface area contributed by atoms with Crippen LogP contribution >= 0.6 is 0 Å². The topological polar surface area (TPSA) is 15.7 Å². The molecule has 1 heterocycles. The second-order valence-electron chi connectivity index (χ2n) is 5.94. The van der Waals surface area contributed by atoms with E-state index in [0.29, 0.717) is 6.10 Å². The van der Waals surface area contributed by atoms with E-state index in [1.54, 1.807) is 0 Å². The van der Waals surface area contributed by atoms with E-state index in [1.165, 1.54) is 16.9 Å². The first-order chi connectivity index (χ1) is 10.8. The summed E-state index contributed by atoms with van der Waals surface area (Å²) >= 11 is 0. The third-order valence-corrected chi connectivity index (χ3v) is 4.44. The number of nitrogens with zero attached hydrogens (tertiary/aromatic N) is 2.